The highest BCUT2D eigenvalue weighted by atomic mass is 35.5. The van der Waals surface area contributed by atoms with Gasteiger partial charge >= 0.3 is 12.0 Å². The zero-order valence-electron chi connectivity index (χ0n) is 13.9. The Morgan fingerprint density at radius 1 is 1.32 bits per heavy atom. The maximum absolute atomic E-state index is 12.0. The van der Waals surface area contributed by atoms with E-state index in [4.69, 9.17) is 21.1 Å². The van der Waals surface area contributed by atoms with Crippen molar-refractivity contribution in [2.24, 2.45) is 5.92 Å². The first-order chi connectivity index (χ1) is 11.8. The Balaban J connectivity index is 1.84. The predicted octanol–water partition coefficient (Wildman–Crippen LogP) is 2.14. The molecule has 0 aromatic heterocycles. The van der Waals surface area contributed by atoms with Crippen LogP contribution in [-0.4, -0.2) is 37.7 Å². The van der Waals surface area contributed by atoms with Gasteiger partial charge in [-0.05, 0) is 30.2 Å². The smallest absolute Gasteiger partial charge is 0.338 e. The largest absolute Gasteiger partial charge is 0.488 e. The standard InChI is InChI=1S/C17H19ClN2O5/c1-10(2)7-19-17(23)20-15(21)9-25-16(22)12-5-11-6-13(18)3-4-14(11)24-8-12/h3-6,10H,7-9H2,1-2H3,(H2,19,20,21,23). The van der Waals surface area contributed by atoms with Crippen LogP contribution < -0.4 is 15.4 Å². The number of hydrogen-bond donors (Lipinski definition) is 2. The summed E-state index contributed by atoms with van der Waals surface area (Å²) in [5.41, 5.74) is 0.912. The van der Waals surface area contributed by atoms with Crippen LogP contribution in [0, 0.1) is 5.92 Å². The Kier molecular flexibility index (Phi) is 6.41. The molecule has 1 aliphatic rings. The molecule has 0 bridgehead atoms. The zero-order chi connectivity index (χ0) is 18.4. The number of fused-ring (bicyclic) bond motifs is 1. The van der Waals surface area contributed by atoms with E-state index in [1.54, 1.807) is 24.3 Å². The average Bonchev–Trinajstić information content (AvgIpc) is 2.57. The highest BCUT2D eigenvalue weighted by Crippen LogP contribution is 2.29. The molecular weight excluding hydrogens is 348 g/mol. The zero-order valence-corrected chi connectivity index (χ0v) is 14.7. The molecule has 2 rings (SSSR count). The molecule has 2 N–H and O–H groups in total. The topological polar surface area (TPSA) is 93.7 Å². The fourth-order valence-corrected chi connectivity index (χ4v) is 2.17. The van der Waals surface area contributed by atoms with E-state index in [1.165, 1.54) is 0 Å². The first kappa shape index (κ1) is 18.8. The molecule has 8 heteroatoms. The van der Waals surface area contributed by atoms with Crippen molar-refractivity contribution in [3.63, 3.8) is 0 Å². The molecule has 0 aliphatic carbocycles. The Bertz CT molecular complexity index is 715. The molecule has 1 heterocycles. The lowest BCUT2D eigenvalue weighted by atomic mass is 10.1. The number of amides is 3. The summed E-state index contributed by atoms with van der Waals surface area (Å²) in [4.78, 5) is 35.1. The van der Waals surface area contributed by atoms with Crippen molar-refractivity contribution in [2.75, 3.05) is 19.8 Å². The third-order valence-electron chi connectivity index (χ3n) is 3.21. The number of imide groups is 1. The summed E-state index contributed by atoms with van der Waals surface area (Å²) in [5.74, 6) is -0.535. The monoisotopic (exact) mass is 366 g/mol. The molecule has 0 saturated carbocycles. The van der Waals surface area contributed by atoms with Crippen LogP contribution in [0.3, 0.4) is 0 Å². The Morgan fingerprint density at radius 3 is 2.80 bits per heavy atom. The second-order valence-electron chi connectivity index (χ2n) is 5.87. The van der Waals surface area contributed by atoms with Gasteiger partial charge < -0.3 is 14.8 Å². The van der Waals surface area contributed by atoms with Crippen molar-refractivity contribution in [1.29, 1.82) is 0 Å². The van der Waals surface area contributed by atoms with Crippen LogP contribution in [0.5, 0.6) is 5.75 Å². The first-order valence-corrected chi connectivity index (χ1v) is 8.10. The minimum Gasteiger partial charge on any atom is -0.488 e. The van der Waals surface area contributed by atoms with Gasteiger partial charge in [-0.3, -0.25) is 10.1 Å². The third-order valence-corrected chi connectivity index (χ3v) is 3.44. The second kappa shape index (κ2) is 8.53. The first-order valence-electron chi connectivity index (χ1n) is 7.73. The lowest BCUT2D eigenvalue weighted by molar-refractivity contribution is -0.144. The van der Waals surface area contributed by atoms with E-state index in [9.17, 15) is 14.4 Å². The van der Waals surface area contributed by atoms with Gasteiger partial charge in [0, 0.05) is 17.1 Å². The van der Waals surface area contributed by atoms with E-state index in [-0.39, 0.29) is 18.1 Å². The molecule has 0 spiro atoms. The summed E-state index contributed by atoms with van der Waals surface area (Å²) in [5, 5.41) is 5.12. The van der Waals surface area contributed by atoms with E-state index < -0.39 is 24.5 Å². The molecule has 0 fully saturated rings. The van der Waals surface area contributed by atoms with Gasteiger partial charge in [-0.2, -0.15) is 0 Å². The molecular formula is C17H19ClN2O5. The van der Waals surface area contributed by atoms with Gasteiger partial charge in [0.05, 0.1) is 5.57 Å². The quantitative estimate of drug-likeness (QED) is 0.779. The van der Waals surface area contributed by atoms with Crippen molar-refractivity contribution in [3.8, 4) is 5.75 Å². The van der Waals surface area contributed by atoms with Gasteiger partial charge in [-0.25, -0.2) is 9.59 Å². The van der Waals surface area contributed by atoms with Gasteiger partial charge in [-0.1, -0.05) is 25.4 Å². The molecule has 0 atom stereocenters. The van der Waals surface area contributed by atoms with Crippen LogP contribution in [0.1, 0.15) is 19.4 Å². The van der Waals surface area contributed by atoms with Gasteiger partial charge in [0.2, 0.25) is 0 Å². The number of nitrogens with one attached hydrogen (secondary N) is 2. The molecule has 1 aromatic carbocycles. The van der Waals surface area contributed by atoms with Crippen molar-refractivity contribution in [2.45, 2.75) is 13.8 Å². The molecule has 3 amide bonds. The van der Waals surface area contributed by atoms with Crippen LogP contribution >= 0.6 is 11.6 Å². The Morgan fingerprint density at radius 2 is 2.08 bits per heavy atom. The molecule has 0 unspecified atom stereocenters. The highest BCUT2D eigenvalue weighted by Gasteiger charge is 2.20. The number of urea groups is 1. The number of carbonyl (C=O) groups excluding carboxylic acids is 3. The third kappa shape index (κ3) is 5.79. The fraction of sp³-hybridized carbons (Fsp3) is 0.353. The number of hydrogen-bond acceptors (Lipinski definition) is 5. The maximum atomic E-state index is 12.0. The van der Waals surface area contributed by atoms with E-state index in [2.05, 4.69) is 10.6 Å². The number of esters is 1. The van der Waals surface area contributed by atoms with Gasteiger partial charge in [0.25, 0.3) is 5.91 Å². The number of benzene rings is 1. The summed E-state index contributed by atoms with van der Waals surface area (Å²) in [6, 6.07) is 4.43. The van der Waals surface area contributed by atoms with E-state index in [1.807, 2.05) is 13.8 Å². The van der Waals surface area contributed by atoms with Crippen molar-refractivity contribution in [3.05, 3.63) is 34.4 Å². The van der Waals surface area contributed by atoms with Gasteiger partial charge in [-0.15, -0.1) is 0 Å². The molecule has 1 aliphatic heterocycles. The summed E-state index contributed by atoms with van der Waals surface area (Å²) in [7, 11) is 0. The predicted molar refractivity (Wildman–Crippen MR) is 92.3 cm³/mol. The molecule has 0 radical (unpaired) electrons. The van der Waals surface area contributed by atoms with Crippen molar-refractivity contribution < 1.29 is 23.9 Å². The summed E-state index contributed by atoms with van der Waals surface area (Å²) >= 11 is 5.91. The second-order valence-corrected chi connectivity index (χ2v) is 6.31. The fourth-order valence-electron chi connectivity index (χ4n) is 1.99. The van der Waals surface area contributed by atoms with Crippen LogP contribution in [0.15, 0.2) is 23.8 Å². The SMILES string of the molecule is CC(C)CNC(=O)NC(=O)COC(=O)C1=Cc2cc(Cl)ccc2OC1. The summed E-state index contributed by atoms with van der Waals surface area (Å²) < 4.78 is 10.3. The molecule has 134 valence electrons. The van der Waals surface area contributed by atoms with Crippen LogP contribution in [0.2, 0.25) is 5.02 Å². The lowest BCUT2D eigenvalue weighted by Crippen LogP contribution is -2.42. The Hall–Kier alpha value is -2.54. The van der Waals surface area contributed by atoms with Gasteiger partial charge in [0.15, 0.2) is 6.61 Å². The van der Waals surface area contributed by atoms with Crippen molar-refractivity contribution in [1.82, 2.24) is 10.6 Å². The molecule has 25 heavy (non-hydrogen) atoms. The van der Waals surface area contributed by atoms with E-state index in [0.717, 1.165) is 0 Å². The maximum Gasteiger partial charge on any atom is 0.338 e. The lowest BCUT2D eigenvalue weighted by Gasteiger charge is -2.17. The number of halogens is 1. The highest BCUT2D eigenvalue weighted by molar-refractivity contribution is 6.30. The average molecular weight is 367 g/mol. The van der Waals surface area contributed by atoms with E-state index >= 15 is 0 Å². The minimum atomic E-state index is -0.713. The van der Waals surface area contributed by atoms with Crippen LogP contribution in [0.25, 0.3) is 6.08 Å². The van der Waals surface area contributed by atoms with Crippen molar-refractivity contribution >= 4 is 35.6 Å². The van der Waals surface area contributed by atoms with Crippen LogP contribution in [0.4, 0.5) is 4.79 Å². The number of rotatable bonds is 5. The number of ether oxygens (including phenoxy) is 2. The summed E-state index contributed by atoms with van der Waals surface area (Å²) in [6.45, 7) is 3.76. The molecule has 0 saturated heterocycles. The Labute approximate surface area is 150 Å². The van der Waals surface area contributed by atoms with Crippen LogP contribution in [-0.2, 0) is 14.3 Å². The summed E-state index contributed by atoms with van der Waals surface area (Å²) in [6.07, 6.45) is 1.60. The molecule has 1 aromatic rings. The normalized spacial score (nSPS) is 12.6. The van der Waals surface area contributed by atoms with Gasteiger partial charge in [0.1, 0.15) is 12.4 Å². The molecule has 7 nitrogen and oxygen atoms in total. The number of carbonyl (C=O) groups is 3. The van der Waals surface area contributed by atoms with E-state index in [0.29, 0.717) is 22.9 Å². The minimum absolute atomic E-state index is 0.0317.